The van der Waals surface area contributed by atoms with Crippen molar-refractivity contribution in [3.63, 3.8) is 0 Å². The maximum atomic E-state index is 12.4. The van der Waals surface area contributed by atoms with E-state index in [4.69, 9.17) is 0 Å². The maximum Gasteiger partial charge on any atom is 0.225 e. The van der Waals surface area contributed by atoms with Gasteiger partial charge in [0.25, 0.3) is 0 Å². The predicted octanol–water partition coefficient (Wildman–Crippen LogP) is 2.75. The van der Waals surface area contributed by atoms with E-state index in [1.165, 1.54) is 0 Å². The fraction of sp³-hybridized carbons (Fsp3) is 0.933. The van der Waals surface area contributed by atoms with E-state index in [-0.39, 0.29) is 17.0 Å². The summed E-state index contributed by atoms with van der Waals surface area (Å²) in [5.41, 5.74) is 0.155. The third-order valence-electron chi connectivity index (χ3n) is 4.13. The van der Waals surface area contributed by atoms with E-state index in [0.29, 0.717) is 5.91 Å². The molecule has 3 heteroatoms. The molecule has 0 aliphatic carbocycles. The Balaban J connectivity index is 2.56. The Labute approximate surface area is 113 Å². The van der Waals surface area contributed by atoms with Crippen molar-refractivity contribution in [1.29, 1.82) is 0 Å². The van der Waals surface area contributed by atoms with Gasteiger partial charge in [0.1, 0.15) is 0 Å². The van der Waals surface area contributed by atoms with Crippen molar-refractivity contribution in [3.05, 3.63) is 0 Å². The molecule has 3 nitrogen and oxygen atoms in total. The number of rotatable bonds is 1. The summed E-state index contributed by atoms with van der Waals surface area (Å²) < 4.78 is 0. The molecule has 0 saturated carbocycles. The van der Waals surface area contributed by atoms with E-state index in [1.54, 1.807) is 0 Å². The van der Waals surface area contributed by atoms with Gasteiger partial charge in [-0.25, -0.2) is 0 Å². The van der Waals surface area contributed by atoms with Gasteiger partial charge in [0, 0.05) is 24.0 Å². The number of hydrogen-bond acceptors (Lipinski definition) is 2. The topological polar surface area (TPSA) is 23.6 Å². The van der Waals surface area contributed by atoms with Gasteiger partial charge in [-0.2, -0.15) is 0 Å². The van der Waals surface area contributed by atoms with Crippen LogP contribution in [0.1, 0.15) is 54.4 Å². The molecule has 0 spiro atoms. The monoisotopic (exact) mass is 254 g/mol. The lowest BCUT2D eigenvalue weighted by molar-refractivity contribution is -0.140. The van der Waals surface area contributed by atoms with E-state index in [2.05, 4.69) is 46.4 Å². The Hall–Kier alpha value is -0.570. The third kappa shape index (κ3) is 3.71. The van der Waals surface area contributed by atoms with Crippen molar-refractivity contribution in [3.8, 4) is 0 Å². The first-order chi connectivity index (χ1) is 8.03. The SMILES string of the molecule is CN(C(=O)C1CCN(C(C)(C)C)CC1)C(C)(C)C. The zero-order valence-corrected chi connectivity index (χ0v) is 13.2. The maximum absolute atomic E-state index is 12.4. The van der Waals surface area contributed by atoms with Gasteiger partial charge in [-0.1, -0.05) is 0 Å². The van der Waals surface area contributed by atoms with Gasteiger partial charge < -0.3 is 4.90 Å². The first-order valence-corrected chi connectivity index (χ1v) is 7.06. The van der Waals surface area contributed by atoms with E-state index in [1.807, 2.05) is 11.9 Å². The van der Waals surface area contributed by atoms with Crippen molar-refractivity contribution in [2.24, 2.45) is 5.92 Å². The summed E-state index contributed by atoms with van der Waals surface area (Å²) in [6, 6.07) is 0. The van der Waals surface area contributed by atoms with Crippen molar-refractivity contribution in [2.75, 3.05) is 20.1 Å². The fourth-order valence-corrected chi connectivity index (χ4v) is 2.40. The molecule has 1 aliphatic rings. The summed E-state index contributed by atoms with van der Waals surface area (Å²) in [6.07, 6.45) is 1.99. The third-order valence-corrected chi connectivity index (χ3v) is 4.13. The lowest BCUT2D eigenvalue weighted by Gasteiger charge is -2.42. The molecule has 1 fully saturated rings. The van der Waals surface area contributed by atoms with Crippen LogP contribution < -0.4 is 0 Å². The molecule has 0 radical (unpaired) electrons. The van der Waals surface area contributed by atoms with Crippen molar-refractivity contribution < 1.29 is 4.79 Å². The van der Waals surface area contributed by atoms with Crippen LogP contribution in [0.5, 0.6) is 0 Å². The van der Waals surface area contributed by atoms with Crippen LogP contribution in [0.25, 0.3) is 0 Å². The minimum absolute atomic E-state index is 0.0712. The van der Waals surface area contributed by atoms with Gasteiger partial charge in [-0.15, -0.1) is 0 Å². The molecule has 1 heterocycles. The standard InChI is InChI=1S/C15H30N2O/c1-14(2,3)16(7)13(18)12-8-10-17(11-9-12)15(4,5)6/h12H,8-11H2,1-7H3. The second kappa shape index (κ2) is 5.20. The smallest absolute Gasteiger partial charge is 0.225 e. The lowest BCUT2D eigenvalue weighted by atomic mass is 9.91. The second-order valence-corrected chi connectivity index (χ2v) is 7.50. The largest absolute Gasteiger partial charge is 0.341 e. The fourth-order valence-electron chi connectivity index (χ4n) is 2.40. The van der Waals surface area contributed by atoms with E-state index >= 15 is 0 Å². The highest BCUT2D eigenvalue weighted by Gasteiger charge is 2.33. The minimum Gasteiger partial charge on any atom is -0.341 e. The Morgan fingerprint density at radius 3 is 1.83 bits per heavy atom. The summed E-state index contributed by atoms with van der Waals surface area (Å²) in [4.78, 5) is 16.8. The van der Waals surface area contributed by atoms with Crippen molar-refractivity contribution >= 4 is 5.91 Å². The number of nitrogens with zero attached hydrogens (tertiary/aromatic N) is 2. The number of piperidine rings is 1. The molecule has 1 aliphatic heterocycles. The van der Waals surface area contributed by atoms with Gasteiger partial charge in [0.2, 0.25) is 5.91 Å². The molecule has 1 rings (SSSR count). The van der Waals surface area contributed by atoms with Crippen molar-refractivity contribution in [1.82, 2.24) is 9.80 Å². The molecule has 1 amide bonds. The molecule has 0 aromatic carbocycles. The van der Waals surface area contributed by atoms with Crippen LogP contribution in [0.3, 0.4) is 0 Å². The van der Waals surface area contributed by atoms with Crippen LogP contribution in [0.2, 0.25) is 0 Å². The van der Waals surface area contributed by atoms with E-state index in [0.717, 1.165) is 25.9 Å². The van der Waals surface area contributed by atoms with Gasteiger partial charge in [0.05, 0.1) is 0 Å². The molecule has 0 unspecified atom stereocenters. The number of likely N-dealkylation sites (tertiary alicyclic amines) is 1. The Morgan fingerprint density at radius 1 is 1.06 bits per heavy atom. The predicted molar refractivity (Wildman–Crippen MR) is 76.6 cm³/mol. The summed E-state index contributed by atoms with van der Waals surface area (Å²) in [5.74, 6) is 0.531. The van der Waals surface area contributed by atoms with Crippen LogP contribution >= 0.6 is 0 Å². The summed E-state index contributed by atoms with van der Waals surface area (Å²) in [5, 5.41) is 0. The Morgan fingerprint density at radius 2 is 1.50 bits per heavy atom. The minimum atomic E-state index is -0.0712. The average molecular weight is 254 g/mol. The van der Waals surface area contributed by atoms with Crippen molar-refractivity contribution in [2.45, 2.75) is 65.5 Å². The molecule has 1 saturated heterocycles. The highest BCUT2D eigenvalue weighted by Crippen LogP contribution is 2.26. The van der Waals surface area contributed by atoms with Gasteiger partial charge in [0.15, 0.2) is 0 Å². The zero-order valence-electron chi connectivity index (χ0n) is 13.2. The normalized spacial score (nSPS) is 19.9. The molecule has 0 N–H and O–H groups in total. The molecule has 0 aromatic heterocycles. The molecule has 18 heavy (non-hydrogen) atoms. The van der Waals surface area contributed by atoms with Crippen LogP contribution in [0, 0.1) is 5.92 Å². The second-order valence-electron chi connectivity index (χ2n) is 7.50. The van der Waals surface area contributed by atoms with Crippen LogP contribution in [0.4, 0.5) is 0 Å². The lowest BCUT2D eigenvalue weighted by Crippen LogP contribution is -2.51. The zero-order chi connectivity index (χ0) is 14.1. The molecular formula is C15H30N2O. The number of hydrogen-bond donors (Lipinski definition) is 0. The van der Waals surface area contributed by atoms with Gasteiger partial charge in [-0.3, -0.25) is 9.69 Å². The molecule has 0 aromatic rings. The number of amides is 1. The number of carbonyl (C=O) groups is 1. The first kappa shape index (κ1) is 15.5. The van der Waals surface area contributed by atoms with Gasteiger partial charge in [-0.05, 0) is 67.5 Å². The summed E-state index contributed by atoms with van der Waals surface area (Å²) >= 11 is 0. The molecular weight excluding hydrogens is 224 g/mol. The van der Waals surface area contributed by atoms with Gasteiger partial charge >= 0.3 is 0 Å². The number of carbonyl (C=O) groups excluding carboxylic acids is 1. The first-order valence-electron chi connectivity index (χ1n) is 7.06. The Kier molecular flexibility index (Phi) is 4.47. The quantitative estimate of drug-likeness (QED) is 0.718. The van der Waals surface area contributed by atoms with Crippen LogP contribution in [-0.2, 0) is 4.79 Å². The van der Waals surface area contributed by atoms with E-state index in [9.17, 15) is 4.79 Å². The van der Waals surface area contributed by atoms with E-state index < -0.39 is 0 Å². The molecule has 0 bridgehead atoms. The summed E-state index contributed by atoms with van der Waals surface area (Å²) in [6.45, 7) is 15.1. The summed E-state index contributed by atoms with van der Waals surface area (Å²) in [7, 11) is 1.93. The van der Waals surface area contributed by atoms with Crippen LogP contribution in [0.15, 0.2) is 0 Å². The highest BCUT2D eigenvalue weighted by atomic mass is 16.2. The molecule has 106 valence electrons. The van der Waals surface area contributed by atoms with Crippen LogP contribution in [-0.4, -0.2) is 46.9 Å². The molecule has 0 atom stereocenters. The average Bonchev–Trinajstić information content (AvgIpc) is 2.25. The highest BCUT2D eigenvalue weighted by molar-refractivity contribution is 5.79. The Bertz CT molecular complexity index is 291.